The Hall–Kier alpha value is -2.62. The number of anilines is 1. The maximum Gasteiger partial charge on any atom is 0.284 e. The van der Waals surface area contributed by atoms with E-state index >= 15 is 0 Å². The number of hydrogen-bond acceptors (Lipinski definition) is 6. The van der Waals surface area contributed by atoms with Gasteiger partial charge in [-0.05, 0) is 59.8 Å². The second-order valence-electron chi connectivity index (χ2n) is 6.62. The van der Waals surface area contributed by atoms with Crippen LogP contribution in [0.1, 0.15) is 40.4 Å². The minimum atomic E-state index is -3.35. The largest absolute Gasteiger partial charge is 0.447 e. The number of nitrogens with zero attached hydrogens (tertiary/aromatic N) is 2. The van der Waals surface area contributed by atoms with Crippen molar-refractivity contribution in [2.24, 2.45) is 5.10 Å². The van der Waals surface area contributed by atoms with Crippen LogP contribution >= 0.6 is 22.9 Å². The van der Waals surface area contributed by atoms with Gasteiger partial charge in [-0.15, -0.1) is 11.3 Å². The monoisotopic (exact) mass is 463 g/mol. The van der Waals surface area contributed by atoms with E-state index < -0.39 is 16.1 Å². The summed E-state index contributed by atoms with van der Waals surface area (Å²) >= 11 is 7.28. The van der Waals surface area contributed by atoms with E-state index in [1.54, 1.807) is 49.4 Å². The van der Waals surface area contributed by atoms with Crippen molar-refractivity contribution in [3.8, 4) is 0 Å². The Morgan fingerprint density at radius 3 is 2.63 bits per heavy atom. The first-order valence-corrected chi connectivity index (χ1v) is 12.1. The summed E-state index contributed by atoms with van der Waals surface area (Å²) in [5.74, 6) is 0.329. The lowest BCUT2D eigenvalue weighted by Gasteiger charge is -2.19. The number of hydrogen-bond donors (Lipinski definition) is 1. The number of halogens is 1. The number of thiophene rings is 1. The number of hydrazone groups is 1. The molecule has 1 N–H and O–H groups in total. The Bertz CT molecular complexity index is 1190. The fraction of sp³-hybridized carbons (Fsp3) is 0.200. The van der Waals surface area contributed by atoms with Crippen LogP contribution in [0.2, 0.25) is 5.22 Å². The van der Waals surface area contributed by atoms with Gasteiger partial charge in [0.05, 0.1) is 16.3 Å². The van der Waals surface area contributed by atoms with Gasteiger partial charge in [0, 0.05) is 12.1 Å². The first-order chi connectivity index (χ1) is 14.4. The molecule has 156 valence electrons. The molecule has 0 aliphatic carbocycles. The maximum absolute atomic E-state index is 13.0. The molecule has 0 fully saturated rings. The molecule has 3 heterocycles. The Balaban J connectivity index is 1.63. The van der Waals surface area contributed by atoms with Gasteiger partial charge in [0.2, 0.25) is 10.0 Å². The predicted octanol–water partition coefficient (Wildman–Crippen LogP) is 4.75. The molecular weight excluding hydrogens is 446 g/mol. The van der Waals surface area contributed by atoms with Gasteiger partial charge in [-0.25, -0.2) is 13.4 Å². The van der Waals surface area contributed by atoms with Crippen molar-refractivity contribution < 1.29 is 17.6 Å². The summed E-state index contributed by atoms with van der Waals surface area (Å²) in [6.07, 6.45) is 0.445. The first-order valence-electron chi connectivity index (χ1n) is 9.17. The van der Waals surface area contributed by atoms with Crippen LogP contribution < -0.4 is 4.72 Å². The Kier molecular flexibility index (Phi) is 5.68. The number of carbonyl (C=O) groups excluding carboxylic acids is 1. The molecule has 0 saturated carbocycles. The number of amides is 1. The lowest BCUT2D eigenvalue weighted by atomic mass is 10.0. The average Bonchev–Trinajstić information content (AvgIpc) is 3.48. The molecule has 1 aliphatic heterocycles. The Morgan fingerprint density at radius 2 is 2.03 bits per heavy atom. The topological polar surface area (TPSA) is 92.0 Å². The zero-order valence-electron chi connectivity index (χ0n) is 15.9. The van der Waals surface area contributed by atoms with Gasteiger partial charge in [0.1, 0.15) is 11.8 Å². The maximum atomic E-state index is 13.0. The van der Waals surface area contributed by atoms with E-state index in [2.05, 4.69) is 9.82 Å². The first kappa shape index (κ1) is 20.6. The van der Waals surface area contributed by atoms with Gasteiger partial charge in [0.15, 0.2) is 5.22 Å². The minimum Gasteiger partial charge on any atom is -0.447 e. The third-order valence-electron chi connectivity index (χ3n) is 4.64. The summed E-state index contributed by atoms with van der Waals surface area (Å²) in [6, 6.07) is 13.4. The van der Waals surface area contributed by atoms with Crippen LogP contribution in [0.15, 0.2) is 63.4 Å². The van der Waals surface area contributed by atoms with Crippen LogP contribution in [-0.2, 0) is 10.0 Å². The molecule has 0 spiro atoms. The average molecular weight is 464 g/mol. The fourth-order valence-corrected chi connectivity index (χ4v) is 4.54. The number of benzene rings is 1. The zero-order chi connectivity index (χ0) is 21.3. The van der Waals surface area contributed by atoms with Gasteiger partial charge < -0.3 is 4.42 Å². The highest BCUT2D eigenvalue weighted by Crippen LogP contribution is 2.36. The molecule has 30 heavy (non-hydrogen) atoms. The van der Waals surface area contributed by atoms with Crippen LogP contribution in [0.3, 0.4) is 0 Å². The highest BCUT2D eigenvalue weighted by atomic mass is 35.5. The highest BCUT2D eigenvalue weighted by Gasteiger charge is 2.36. The number of nitrogens with one attached hydrogen (secondary N) is 1. The summed E-state index contributed by atoms with van der Waals surface area (Å²) in [4.78, 5) is 13.6. The summed E-state index contributed by atoms with van der Waals surface area (Å²) in [7, 11) is -3.35. The fourth-order valence-electron chi connectivity index (χ4n) is 3.10. The predicted molar refractivity (Wildman–Crippen MR) is 118 cm³/mol. The summed E-state index contributed by atoms with van der Waals surface area (Å²) < 4.78 is 31.6. The molecule has 1 aromatic carbocycles. The van der Waals surface area contributed by atoms with E-state index in [1.807, 2.05) is 11.4 Å². The van der Waals surface area contributed by atoms with E-state index in [4.69, 9.17) is 16.0 Å². The van der Waals surface area contributed by atoms with E-state index in [1.165, 1.54) is 16.3 Å². The standard InChI is InChI=1S/C20H18ClN3O4S2/c1-2-30(26,27)23-14-7-5-13(6-8-14)15-12-16(17-9-10-19(21)28-17)24(22-15)20(25)18-4-3-11-29-18/h3-11,16,23H,2,12H2,1H3/t16-/m1/s1. The molecule has 1 aliphatic rings. The summed E-state index contributed by atoms with van der Waals surface area (Å²) in [5, 5.41) is 8.07. The molecule has 1 atom stereocenters. The second kappa shape index (κ2) is 8.25. The molecule has 1 amide bonds. The van der Waals surface area contributed by atoms with Crippen LogP contribution in [-0.4, -0.2) is 30.8 Å². The van der Waals surface area contributed by atoms with Gasteiger partial charge in [-0.1, -0.05) is 18.2 Å². The minimum absolute atomic E-state index is 0.00532. The Labute approximate surface area is 183 Å². The molecule has 7 nitrogen and oxygen atoms in total. The molecule has 4 rings (SSSR count). The smallest absolute Gasteiger partial charge is 0.284 e. The molecule has 0 unspecified atom stereocenters. The van der Waals surface area contributed by atoms with Crippen molar-refractivity contribution in [2.45, 2.75) is 19.4 Å². The number of furan rings is 1. The van der Waals surface area contributed by atoms with Gasteiger partial charge in [-0.3, -0.25) is 9.52 Å². The molecule has 0 saturated heterocycles. The SMILES string of the molecule is CCS(=O)(=O)Nc1ccc(C2=NN(C(=O)c3cccs3)[C@@H](c3ccc(Cl)o3)C2)cc1. The van der Waals surface area contributed by atoms with E-state index in [9.17, 15) is 13.2 Å². The van der Waals surface area contributed by atoms with Crippen molar-refractivity contribution in [3.63, 3.8) is 0 Å². The molecule has 3 aromatic rings. The molecular formula is C20H18ClN3O4S2. The summed E-state index contributed by atoms with van der Waals surface area (Å²) in [5.41, 5.74) is 1.96. The van der Waals surface area contributed by atoms with Crippen LogP contribution in [0.25, 0.3) is 0 Å². The van der Waals surface area contributed by atoms with Crippen LogP contribution in [0, 0.1) is 0 Å². The number of carbonyl (C=O) groups is 1. The van der Waals surface area contributed by atoms with Crippen LogP contribution in [0.5, 0.6) is 0 Å². The molecule has 0 bridgehead atoms. The van der Waals surface area contributed by atoms with Crippen molar-refractivity contribution >= 4 is 50.3 Å². The normalized spacial score (nSPS) is 16.5. The van der Waals surface area contributed by atoms with Crippen LogP contribution in [0.4, 0.5) is 5.69 Å². The summed E-state index contributed by atoms with van der Waals surface area (Å²) in [6.45, 7) is 1.57. The second-order valence-corrected chi connectivity index (χ2v) is 9.95. The third kappa shape index (κ3) is 4.28. The highest BCUT2D eigenvalue weighted by molar-refractivity contribution is 7.92. The van der Waals surface area contributed by atoms with Gasteiger partial charge in [0.25, 0.3) is 5.91 Å². The molecule has 0 radical (unpaired) electrons. The number of sulfonamides is 1. The van der Waals surface area contributed by atoms with E-state index in [-0.39, 0.29) is 16.9 Å². The lowest BCUT2D eigenvalue weighted by Crippen LogP contribution is -2.26. The van der Waals surface area contributed by atoms with Crippen molar-refractivity contribution in [1.82, 2.24) is 5.01 Å². The Morgan fingerprint density at radius 1 is 1.27 bits per heavy atom. The quantitative estimate of drug-likeness (QED) is 0.571. The lowest BCUT2D eigenvalue weighted by molar-refractivity contribution is 0.0698. The van der Waals surface area contributed by atoms with Gasteiger partial charge in [-0.2, -0.15) is 5.10 Å². The number of rotatable bonds is 6. The van der Waals surface area contributed by atoms with Crippen molar-refractivity contribution in [2.75, 3.05) is 10.5 Å². The van der Waals surface area contributed by atoms with Crippen molar-refractivity contribution in [1.29, 1.82) is 0 Å². The third-order valence-corrected chi connectivity index (χ3v) is 7.01. The zero-order valence-corrected chi connectivity index (χ0v) is 18.3. The van der Waals surface area contributed by atoms with Crippen molar-refractivity contribution in [3.05, 3.63) is 75.3 Å². The van der Waals surface area contributed by atoms with E-state index in [0.717, 1.165) is 5.56 Å². The van der Waals surface area contributed by atoms with E-state index in [0.29, 0.717) is 28.5 Å². The molecule has 2 aromatic heterocycles. The van der Waals surface area contributed by atoms with Gasteiger partial charge >= 0.3 is 0 Å². The molecule has 10 heteroatoms.